The Morgan fingerprint density at radius 1 is 0.818 bits per heavy atom. The van der Waals surface area contributed by atoms with Crippen LogP contribution in [0.15, 0.2) is 97.0 Å². The molecule has 9 heteroatoms. The molecule has 0 aliphatic rings. The van der Waals surface area contributed by atoms with E-state index in [1.807, 2.05) is 69.2 Å². The van der Waals surface area contributed by atoms with E-state index < -0.39 is 17.9 Å². The van der Waals surface area contributed by atoms with Gasteiger partial charge in [-0.15, -0.1) is 0 Å². The first-order valence-electron chi connectivity index (χ1n) is 13.6. The maximum atomic E-state index is 12.6. The van der Waals surface area contributed by atoms with Crippen molar-refractivity contribution >= 4 is 17.9 Å². The number of methoxy groups -OCH3 is 1. The van der Waals surface area contributed by atoms with Gasteiger partial charge in [-0.3, -0.25) is 0 Å². The number of allylic oxidation sites excluding steroid dienone is 4. The Morgan fingerprint density at radius 3 is 1.64 bits per heavy atom. The summed E-state index contributed by atoms with van der Waals surface area (Å²) in [6, 6.07) is 5.81. The molecule has 1 N–H and O–H groups in total. The molecule has 7 nitrogen and oxygen atoms in total. The molecule has 1 aromatic carbocycles. The molecule has 1 rings (SSSR count). The van der Waals surface area contributed by atoms with Gasteiger partial charge in [0, 0.05) is 65.4 Å². The van der Waals surface area contributed by atoms with Crippen molar-refractivity contribution in [1.82, 2.24) is 0 Å². The van der Waals surface area contributed by atoms with E-state index in [0.717, 1.165) is 12.2 Å². The number of carboxylic acid groups (broad SMARTS) is 1. The van der Waals surface area contributed by atoms with Crippen LogP contribution < -0.4 is 4.74 Å². The van der Waals surface area contributed by atoms with Gasteiger partial charge in [-0.1, -0.05) is 119 Å². The van der Waals surface area contributed by atoms with Crippen molar-refractivity contribution in [3.63, 3.8) is 0 Å². The molecule has 0 aromatic heterocycles. The normalized spacial score (nSPS) is 8.77. The minimum atomic E-state index is -1.34. The predicted octanol–water partition coefficient (Wildman–Crippen LogP) is 10.1. The minimum absolute atomic E-state index is 0. The zero-order valence-electron chi connectivity index (χ0n) is 29.9. The van der Waals surface area contributed by atoms with Crippen molar-refractivity contribution in [2.75, 3.05) is 7.11 Å². The number of hydrogen-bond donors (Lipinski definition) is 1. The molecular formula is C35H58O7Y2-2. The van der Waals surface area contributed by atoms with E-state index in [2.05, 4.69) is 19.7 Å². The first-order valence-corrected chi connectivity index (χ1v) is 13.6. The van der Waals surface area contributed by atoms with E-state index in [1.54, 1.807) is 25.1 Å². The second-order valence-electron chi connectivity index (χ2n) is 5.51. The maximum absolute atomic E-state index is 12.6. The summed E-state index contributed by atoms with van der Waals surface area (Å²) in [7, 11) is 1.38. The Hall–Kier alpha value is -1.92. The van der Waals surface area contributed by atoms with Gasteiger partial charge in [-0.05, 0) is 31.2 Å². The molecular weight excluding hydrogens is 710 g/mol. The van der Waals surface area contributed by atoms with E-state index >= 15 is 0 Å². The van der Waals surface area contributed by atoms with E-state index in [1.165, 1.54) is 31.4 Å². The fourth-order valence-corrected chi connectivity index (χ4v) is 2.12. The number of hydrogen-bond acceptors (Lipinski definition) is 6. The van der Waals surface area contributed by atoms with Crippen molar-refractivity contribution in [2.24, 2.45) is 0 Å². The first kappa shape index (κ1) is 64.9. The Morgan fingerprint density at radius 2 is 1.27 bits per heavy atom. The molecule has 0 atom stereocenters. The van der Waals surface area contributed by atoms with Gasteiger partial charge in [0.25, 0.3) is 0 Å². The smallest absolute Gasteiger partial charge is 0.347 e. The number of rotatable bonds is 10. The van der Waals surface area contributed by atoms with Gasteiger partial charge < -0.3 is 34.2 Å². The number of carbonyl (C=O) groups is 3. The Kier molecular flexibility index (Phi) is 70.8. The molecule has 44 heavy (non-hydrogen) atoms. The second kappa shape index (κ2) is 48.0. The van der Waals surface area contributed by atoms with Crippen molar-refractivity contribution in [3.8, 4) is 5.75 Å². The topological polar surface area (TPSA) is 99.1 Å². The maximum Gasteiger partial charge on any atom is 0.347 e. The van der Waals surface area contributed by atoms with Crippen LogP contribution in [0.4, 0.5) is 0 Å². The third-order valence-electron chi connectivity index (χ3n) is 3.60. The summed E-state index contributed by atoms with van der Waals surface area (Å²) in [6.45, 7) is 32.3. The summed E-state index contributed by atoms with van der Waals surface area (Å²) in [5.74, 6) is -3.35. The molecule has 0 unspecified atom stereocenters. The van der Waals surface area contributed by atoms with Crippen LogP contribution in [0.5, 0.6) is 5.75 Å². The minimum Gasteiger partial charge on any atom is -0.496 e. The summed E-state index contributed by atoms with van der Waals surface area (Å²) in [5.41, 5.74) is -0.520. The Balaban J connectivity index is -0.000000113. The summed E-state index contributed by atoms with van der Waals surface area (Å²) in [6.07, 6.45) is 7.02. The fourth-order valence-electron chi connectivity index (χ4n) is 2.12. The van der Waals surface area contributed by atoms with E-state index in [4.69, 9.17) is 19.3 Å². The summed E-state index contributed by atoms with van der Waals surface area (Å²) < 4.78 is 15.5. The molecule has 1 aromatic rings. The van der Waals surface area contributed by atoms with Crippen LogP contribution in [0.25, 0.3) is 0 Å². The predicted molar refractivity (Wildman–Crippen MR) is 181 cm³/mol. The number of esters is 2. The molecule has 0 heterocycles. The zero-order chi connectivity index (χ0) is 32.7. The number of para-hydroxylation sites is 1. The molecule has 0 aliphatic carbocycles. The van der Waals surface area contributed by atoms with Gasteiger partial charge in [-0.25, -0.2) is 14.4 Å². The average Bonchev–Trinajstić information content (AvgIpc) is 3.02. The molecule has 0 saturated heterocycles. The van der Waals surface area contributed by atoms with Crippen LogP contribution in [0, 0.1) is 14.9 Å². The van der Waals surface area contributed by atoms with E-state index in [9.17, 15) is 14.4 Å². The van der Waals surface area contributed by atoms with E-state index in [0.29, 0.717) is 0 Å². The summed E-state index contributed by atoms with van der Waals surface area (Å²) >= 11 is 0. The van der Waals surface area contributed by atoms with Crippen LogP contribution in [0.3, 0.4) is 0 Å². The third-order valence-corrected chi connectivity index (χ3v) is 3.60. The summed E-state index contributed by atoms with van der Waals surface area (Å²) in [5, 5.41) is 9.16. The van der Waals surface area contributed by atoms with Gasteiger partial charge in [0.2, 0.25) is 0 Å². The van der Waals surface area contributed by atoms with Crippen molar-refractivity contribution in [3.05, 3.63) is 117 Å². The van der Waals surface area contributed by atoms with Crippen LogP contribution in [-0.4, -0.2) is 30.1 Å². The Labute approximate surface area is 320 Å². The number of ether oxygens (including phenoxy) is 3. The van der Waals surface area contributed by atoms with Crippen LogP contribution in [-0.2, 0) is 84.5 Å². The van der Waals surface area contributed by atoms with Gasteiger partial charge in [0.15, 0.2) is 0 Å². The second-order valence-corrected chi connectivity index (χ2v) is 5.51. The van der Waals surface area contributed by atoms with Gasteiger partial charge in [-0.2, -0.15) is 0 Å². The molecule has 248 valence electrons. The van der Waals surface area contributed by atoms with Gasteiger partial charge >= 0.3 is 17.9 Å². The Bertz CT molecular complexity index is 977. The quantitative estimate of drug-likeness (QED) is 0.0632. The SMILES string of the molecule is C=C/C(OC(=O)c1ccccc1OC(=O)C(=C)/C(=C\C=C/C)OC)=C(\C=C)C(=O)O.CC.CC.CC.CC.CC.[CH3-].[CH3-].[Y].[Y]. The fraction of sp³-hybridized carbons (Fsp3) is 0.343. The van der Waals surface area contributed by atoms with E-state index in [-0.39, 0.29) is 114 Å². The van der Waals surface area contributed by atoms with Crippen molar-refractivity contribution in [2.45, 2.75) is 76.2 Å². The number of aliphatic carboxylic acids is 1. The molecule has 0 saturated carbocycles. The zero-order valence-corrected chi connectivity index (χ0v) is 35.5. The summed E-state index contributed by atoms with van der Waals surface area (Å²) in [4.78, 5) is 36.2. The number of benzene rings is 1. The molecule has 0 aliphatic heterocycles. The van der Waals surface area contributed by atoms with Gasteiger partial charge in [0.1, 0.15) is 28.4 Å². The van der Waals surface area contributed by atoms with Crippen molar-refractivity contribution in [1.29, 1.82) is 0 Å². The molecule has 0 spiro atoms. The molecule has 0 fully saturated rings. The molecule has 0 bridgehead atoms. The standard InChI is InChI=1S/C23H22O7.5C2H6.2CH3.2Y/c1-6-9-13-19(28-5)15(4)22(26)30-20-14-11-10-12-17(20)23(27)29-18(8-3)16(7-2)21(24)25;5*1-2;;;;/h6-14H,2-4H2,1,5H3,(H,24,25);5*1-2H3;2*1H3;;/q;;;;;;2*-1;;/b9-6-,18-16-,19-13+;;;;;;;;;. The largest absolute Gasteiger partial charge is 0.496 e. The molecule has 0 amide bonds. The average molecular weight is 769 g/mol. The van der Waals surface area contributed by atoms with Crippen LogP contribution in [0.1, 0.15) is 86.5 Å². The monoisotopic (exact) mass is 768 g/mol. The van der Waals surface area contributed by atoms with Crippen LogP contribution in [0.2, 0.25) is 0 Å². The van der Waals surface area contributed by atoms with Crippen LogP contribution >= 0.6 is 0 Å². The number of carbonyl (C=O) groups excluding carboxylic acids is 2. The molecule has 2 radical (unpaired) electrons. The number of carboxylic acids is 1. The first-order chi connectivity index (χ1) is 19.3. The van der Waals surface area contributed by atoms with Crippen molar-refractivity contribution < 1.29 is 99.1 Å². The van der Waals surface area contributed by atoms with Gasteiger partial charge in [0.05, 0.1) is 12.7 Å². The third kappa shape index (κ3) is 27.6.